The number of hydrogen-bond acceptors (Lipinski definition) is 4. The molecule has 0 aliphatic heterocycles. The van der Waals surface area contributed by atoms with Gasteiger partial charge in [0.1, 0.15) is 17.3 Å². The van der Waals surface area contributed by atoms with E-state index in [0.717, 1.165) is 17.1 Å². The van der Waals surface area contributed by atoms with Gasteiger partial charge in [0, 0.05) is 17.5 Å². The van der Waals surface area contributed by atoms with E-state index >= 15 is 0 Å². The number of ether oxygens (including phenoxy) is 2. The SMILES string of the molecule is CCOc1ccc(OCC)c(NC(=O)c2cc(C)n(Cc3ccco3)c2C)c1. The molecule has 28 heavy (non-hydrogen) atoms. The van der Waals surface area contributed by atoms with Crippen LogP contribution in [0, 0.1) is 13.8 Å². The molecule has 6 heteroatoms. The van der Waals surface area contributed by atoms with Crippen molar-refractivity contribution >= 4 is 11.6 Å². The number of rotatable bonds is 8. The van der Waals surface area contributed by atoms with Gasteiger partial charge >= 0.3 is 0 Å². The fraction of sp³-hybridized carbons (Fsp3) is 0.318. The third kappa shape index (κ3) is 4.22. The van der Waals surface area contributed by atoms with Crippen LogP contribution < -0.4 is 14.8 Å². The second-order valence-electron chi connectivity index (χ2n) is 6.43. The Morgan fingerprint density at radius 1 is 1.11 bits per heavy atom. The lowest BCUT2D eigenvalue weighted by Gasteiger charge is -2.14. The van der Waals surface area contributed by atoms with Crippen molar-refractivity contribution in [2.24, 2.45) is 0 Å². The highest BCUT2D eigenvalue weighted by Crippen LogP contribution is 2.30. The van der Waals surface area contributed by atoms with Gasteiger partial charge in [-0.3, -0.25) is 4.79 Å². The standard InChI is InChI=1S/C22H26N2O4/c1-5-26-17-9-10-21(27-6-2)20(13-17)23-22(25)19-12-15(3)24(16(19)4)14-18-8-7-11-28-18/h7-13H,5-6,14H2,1-4H3,(H,23,25). The maximum Gasteiger partial charge on any atom is 0.257 e. The Hall–Kier alpha value is -3.15. The highest BCUT2D eigenvalue weighted by molar-refractivity contribution is 6.06. The van der Waals surface area contributed by atoms with Crippen LogP contribution >= 0.6 is 0 Å². The predicted molar refractivity (Wildman–Crippen MR) is 108 cm³/mol. The van der Waals surface area contributed by atoms with E-state index < -0.39 is 0 Å². The van der Waals surface area contributed by atoms with Crippen LogP contribution in [0.15, 0.2) is 47.1 Å². The molecule has 0 saturated carbocycles. The van der Waals surface area contributed by atoms with Gasteiger partial charge in [0.2, 0.25) is 0 Å². The zero-order valence-electron chi connectivity index (χ0n) is 16.7. The first-order chi connectivity index (χ1) is 13.5. The van der Waals surface area contributed by atoms with Gasteiger partial charge in [-0.15, -0.1) is 0 Å². The third-order valence-electron chi connectivity index (χ3n) is 4.52. The van der Waals surface area contributed by atoms with Crippen molar-refractivity contribution in [3.05, 3.63) is 65.4 Å². The quantitative estimate of drug-likeness (QED) is 0.608. The van der Waals surface area contributed by atoms with Crippen molar-refractivity contribution in [3.8, 4) is 11.5 Å². The summed E-state index contributed by atoms with van der Waals surface area (Å²) in [5.41, 5.74) is 3.08. The summed E-state index contributed by atoms with van der Waals surface area (Å²) in [6.45, 7) is 9.39. The summed E-state index contributed by atoms with van der Waals surface area (Å²) < 4.78 is 18.7. The summed E-state index contributed by atoms with van der Waals surface area (Å²) in [4.78, 5) is 13.0. The number of anilines is 1. The van der Waals surface area contributed by atoms with E-state index in [1.165, 1.54) is 0 Å². The van der Waals surface area contributed by atoms with E-state index in [2.05, 4.69) is 9.88 Å². The minimum Gasteiger partial charge on any atom is -0.494 e. The number of carbonyl (C=O) groups is 1. The molecule has 2 aromatic heterocycles. The number of furan rings is 1. The molecule has 0 aliphatic rings. The molecule has 1 amide bonds. The topological polar surface area (TPSA) is 65.6 Å². The van der Waals surface area contributed by atoms with Crippen LogP contribution in [0.25, 0.3) is 0 Å². The Morgan fingerprint density at radius 2 is 1.89 bits per heavy atom. The molecule has 0 aliphatic carbocycles. The molecule has 0 saturated heterocycles. The number of nitrogens with one attached hydrogen (secondary N) is 1. The summed E-state index contributed by atoms with van der Waals surface area (Å²) in [7, 11) is 0. The fourth-order valence-electron chi connectivity index (χ4n) is 3.17. The molecule has 2 heterocycles. The van der Waals surface area contributed by atoms with Crippen LogP contribution in [-0.2, 0) is 6.54 Å². The summed E-state index contributed by atoms with van der Waals surface area (Å²) in [5.74, 6) is 1.96. The summed E-state index contributed by atoms with van der Waals surface area (Å²) in [6, 6.07) is 11.1. The molecule has 1 aromatic carbocycles. The Bertz CT molecular complexity index is 942. The first kappa shape index (κ1) is 19.6. The number of amides is 1. The molecule has 1 N–H and O–H groups in total. The van der Waals surface area contributed by atoms with Crippen molar-refractivity contribution in [3.63, 3.8) is 0 Å². The largest absolute Gasteiger partial charge is 0.494 e. The van der Waals surface area contributed by atoms with E-state index in [-0.39, 0.29) is 5.91 Å². The number of aryl methyl sites for hydroxylation is 1. The summed E-state index contributed by atoms with van der Waals surface area (Å²) in [6.07, 6.45) is 1.65. The average Bonchev–Trinajstić information content (AvgIpc) is 3.28. The molecule has 3 rings (SSSR count). The minimum absolute atomic E-state index is 0.187. The first-order valence-corrected chi connectivity index (χ1v) is 9.43. The predicted octanol–water partition coefficient (Wildman–Crippen LogP) is 4.80. The molecule has 0 atom stereocenters. The van der Waals surface area contributed by atoms with Crippen LogP contribution in [0.3, 0.4) is 0 Å². The van der Waals surface area contributed by atoms with Gasteiger partial charge in [0.15, 0.2) is 0 Å². The van der Waals surface area contributed by atoms with E-state index in [1.54, 1.807) is 12.3 Å². The van der Waals surface area contributed by atoms with Crippen molar-refractivity contribution in [2.75, 3.05) is 18.5 Å². The van der Waals surface area contributed by atoms with Crippen molar-refractivity contribution < 1.29 is 18.7 Å². The maximum absolute atomic E-state index is 13.0. The Morgan fingerprint density at radius 3 is 2.57 bits per heavy atom. The zero-order valence-corrected chi connectivity index (χ0v) is 16.7. The van der Waals surface area contributed by atoms with E-state index in [4.69, 9.17) is 13.9 Å². The second-order valence-corrected chi connectivity index (χ2v) is 6.43. The maximum atomic E-state index is 13.0. The molecular formula is C22H26N2O4. The Labute approximate surface area is 165 Å². The lowest BCUT2D eigenvalue weighted by atomic mass is 10.2. The monoisotopic (exact) mass is 382 g/mol. The van der Waals surface area contributed by atoms with Crippen LogP contribution in [-0.4, -0.2) is 23.7 Å². The van der Waals surface area contributed by atoms with Gasteiger partial charge in [0.25, 0.3) is 5.91 Å². The molecule has 6 nitrogen and oxygen atoms in total. The van der Waals surface area contributed by atoms with Crippen LogP contribution in [0.2, 0.25) is 0 Å². The van der Waals surface area contributed by atoms with E-state index in [9.17, 15) is 4.79 Å². The third-order valence-corrected chi connectivity index (χ3v) is 4.52. The van der Waals surface area contributed by atoms with E-state index in [0.29, 0.717) is 42.5 Å². The fourth-order valence-corrected chi connectivity index (χ4v) is 3.17. The Balaban J connectivity index is 1.86. The highest BCUT2D eigenvalue weighted by Gasteiger charge is 2.18. The molecule has 0 unspecified atom stereocenters. The van der Waals surface area contributed by atoms with Crippen LogP contribution in [0.5, 0.6) is 11.5 Å². The highest BCUT2D eigenvalue weighted by atomic mass is 16.5. The minimum atomic E-state index is -0.187. The molecule has 148 valence electrons. The molecule has 0 fully saturated rings. The average molecular weight is 382 g/mol. The first-order valence-electron chi connectivity index (χ1n) is 9.43. The number of carbonyl (C=O) groups excluding carboxylic acids is 1. The zero-order chi connectivity index (χ0) is 20.1. The number of aromatic nitrogens is 1. The molecule has 0 radical (unpaired) electrons. The normalized spacial score (nSPS) is 10.7. The van der Waals surface area contributed by atoms with Crippen molar-refractivity contribution in [1.29, 1.82) is 0 Å². The lowest BCUT2D eigenvalue weighted by molar-refractivity contribution is 0.102. The van der Waals surface area contributed by atoms with Gasteiger partial charge in [-0.25, -0.2) is 0 Å². The van der Waals surface area contributed by atoms with Crippen LogP contribution in [0.4, 0.5) is 5.69 Å². The van der Waals surface area contributed by atoms with Gasteiger partial charge in [-0.05, 0) is 58.0 Å². The number of hydrogen-bond donors (Lipinski definition) is 1. The van der Waals surface area contributed by atoms with Crippen molar-refractivity contribution in [2.45, 2.75) is 34.2 Å². The summed E-state index contributed by atoms with van der Waals surface area (Å²) in [5, 5.41) is 2.97. The Kier molecular flexibility index (Phi) is 6.09. The molecule has 0 bridgehead atoms. The van der Waals surface area contributed by atoms with Gasteiger partial charge < -0.3 is 23.8 Å². The lowest BCUT2D eigenvalue weighted by Crippen LogP contribution is -2.14. The van der Waals surface area contributed by atoms with E-state index in [1.807, 2.05) is 58.0 Å². The molecule has 0 spiro atoms. The number of benzene rings is 1. The van der Waals surface area contributed by atoms with Crippen LogP contribution in [0.1, 0.15) is 41.4 Å². The smallest absolute Gasteiger partial charge is 0.257 e. The van der Waals surface area contributed by atoms with Crippen molar-refractivity contribution in [1.82, 2.24) is 4.57 Å². The van der Waals surface area contributed by atoms with Gasteiger partial charge in [-0.2, -0.15) is 0 Å². The molecular weight excluding hydrogens is 356 g/mol. The molecule has 3 aromatic rings. The van der Waals surface area contributed by atoms with Gasteiger partial charge in [-0.1, -0.05) is 0 Å². The van der Waals surface area contributed by atoms with Gasteiger partial charge in [0.05, 0.1) is 37.3 Å². The number of nitrogens with zero attached hydrogens (tertiary/aromatic N) is 1. The second kappa shape index (κ2) is 8.69. The summed E-state index contributed by atoms with van der Waals surface area (Å²) >= 11 is 0.